The number of aromatic nitrogens is 1. The van der Waals surface area contributed by atoms with Crippen LogP contribution in [0.2, 0.25) is 0 Å². The minimum Gasteiger partial charge on any atom is -0.458 e. The highest BCUT2D eigenvalue weighted by Crippen LogP contribution is 2.29. The van der Waals surface area contributed by atoms with Gasteiger partial charge in [-0.05, 0) is 26.0 Å². The van der Waals surface area contributed by atoms with Gasteiger partial charge in [0, 0.05) is 18.0 Å². The van der Waals surface area contributed by atoms with Crippen molar-refractivity contribution in [1.29, 1.82) is 0 Å². The first-order valence-electron chi connectivity index (χ1n) is 4.44. The molecule has 0 saturated heterocycles. The maximum Gasteiger partial charge on any atom is 0.382 e. The van der Waals surface area contributed by atoms with E-state index in [1.807, 2.05) is 0 Å². The quantitative estimate of drug-likeness (QED) is 0.725. The van der Waals surface area contributed by atoms with Crippen LogP contribution in [-0.4, -0.2) is 17.1 Å². The van der Waals surface area contributed by atoms with E-state index >= 15 is 0 Å². The van der Waals surface area contributed by atoms with Gasteiger partial charge in [0.2, 0.25) is 0 Å². The molecule has 0 spiro atoms. The Morgan fingerprint density at radius 3 is 2.40 bits per heavy atom. The zero-order valence-corrected chi connectivity index (χ0v) is 8.41. The fourth-order valence-corrected chi connectivity index (χ4v) is 0.967. The summed E-state index contributed by atoms with van der Waals surface area (Å²) in [5.74, 6) is -5.16. The second kappa shape index (κ2) is 4.33. The van der Waals surface area contributed by atoms with E-state index in [4.69, 9.17) is 0 Å². The number of carbonyl (C=O) groups is 1. The summed E-state index contributed by atoms with van der Waals surface area (Å²) in [7, 11) is 0. The van der Waals surface area contributed by atoms with Crippen LogP contribution in [0.15, 0.2) is 24.5 Å². The Kier molecular flexibility index (Phi) is 3.34. The molecule has 1 heterocycles. The van der Waals surface area contributed by atoms with Crippen molar-refractivity contribution in [3.63, 3.8) is 0 Å². The van der Waals surface area contributed by atoms with Crippen molar-refractivity contribution in [2.24, 2.45) is 0 Å². The molecule has 5 heteroatoms. The van der Waals surface area contributed by atoms with Gasteiger partial charge in [0.15, 0.2) is 0 Å². The third-order valence-electron chi connectivity index (χ3n) is 1.64. The van der Waals surface area contributed by atoms with Crippen LogP contribution in [0.4, 0.5) is 8.78 Å². The molecule has 0 aromatic carbocycles. The molecule has 15 heavy (non-hydrogen) atoms. The van der Waals surface area contributed by atoms with E-state index in [9.17, 15) is 13.6 Å². The van der Waals surface area contributed by atoms with Crippen molar-refractivity contribution in [1.82, 2.24) is 4.98 Å². The van der Waals surface area contributed by atoms with Crippen molar-refractivity contribution >= 4 is 5.97 Å². The number of esters is 1. The lowest BCUT2D eigenvalue weighted by molar-refractivity contribution is -0.177. The van der Waals surface area contributed by atoms with Crippen LogP contribution in [0.1, 0.15) is 19.4 Å². The van der Waals surface area contributed by atoms with E-state index in [-0.39, 0.29) is 0 Å². The maximum atomic E-state index is 13.4. The summed E-state index contributed by atoms with van der Waals surface area (Å²) in [5.41, 5.74) is -0.414. The van der Waals surface area contributed by atoms with Crippen LogP contribution >= 0.6 is 0 Å². The summed E-state index contributed by atoms with van der Waals surface area (Å²) in [5, 5.41) is 0. The molecule has 0 atom stereocenters. The normalized spacial score (nSPS) is 11.5. The average Bonchev–Trinajstić information content (AvgIpc) is 2.18. The first-order chi connectivity index (χ1) is 6.94. The molecule has 0 bridgehead atoms. The summed E-state index contributed by atoms with van der Waals surface area (Å²) in [6, 6.07) is 2.17. The second-order valence-electron chi connectivity index (χ2n) is 3.26. The minimum atomic E-state index is -3.62. The molecule has 0 saturated carbocycles. The number of halogens is 2. The first kappa shape index (κ1) is 11.6. The third-order valence-corrected chi connectivity index (χ3v) is 1.64. The Morgan fingerprint density at radius 1 is 1.40 bits per heavy atom. The van der Waals surface area contributed by atoms with Crippen LogP contribution in [-0.2, 0) is 15.5 Å². The summed E-state index contributed by atoms with van der Waals surface area (Å²) >= 11 is 0. The van der Waals surface area contributed by atoms with Crippen molar-refractivity contribution in [3.8, 4) is 0 Å². The number of rotatable bonds is 3. The molecule has 82 valence electrons. The number of carbonyl (C=O) groups excluding carboxylic acids is 1. The molecule has 1 aromatic rings. The molecule has 0 amide bonds. The van der Waals surface area contributed by atoms with Gasteiger partial charge in [0.25, 0.3) is 0 Å². The van der Waals surface area contributed by atoms with E-state index < -0.39 is 23.6 Å². The number of alkyl halides is 2. The van der Waals surface area contributed by atoms with Crippen LogP contribution in [0, 0.1) is 0 Å². The van der Waals surface area contributed by atoms with Crippen molar-refractivity contribution < 1.29 is 18.3 Å². The van der Waals surface area contributed by atoms with Gasteiger partial charge in [-0.3, -0.25) is 4.98 Å². The lowest BCUT2D eigenvalue weighted by Gasteiger charge is -2.16. The predicted octanol–water partition coefficient (Wildman–Crippen LogP) is 2.12. The summed E-state index contributed by atoms with van der Waals surface area (Å²) < 4.78 is 31.3. The van der Waals surface area contributed by atoms with E-state index in [1.54, 1.807) is 0 Å². The SMILES string of the molecule is CC(C)OC(=O)C(F)(F)c1ccncc1. The van der Waals surface area contributed by atoms with E-state index in [0.717, 1.165) is 12.1 Å². The standard InChI is InChI=1S/C10H11F2NO2/c1-7(2)15-9(14)10(11,12)8-3-5-13-6-4-8/h3-7H,1-2H3. The zero-order valence-electron chi connectivity index (χ0n) is 8.41. The van der Waals surface area contributed by atoms with Crippen LogP contribution in [0.3, 0.4) is 0 Å². The lowest BCUT2D eigenvalue weighted by atomic mass is 10.1. The van der Waals surface area contributed by atoms with Gasteiger partial charge in [-0.25, -0.2) is 4.79 Å². The second-order valence-corrected chi connectivity index (χ2v) is 3.26. The van der Waals surface area contributed by atoms with Crippen molar-refractivity contribution in [2.75, 3.05) is 0 Å². The van der Waals surface area contributed by atoms with Gasteiger partial charge in [-0.2, -0.15) is 8.78 Å². The summed E-state index contributed by atoms with van der Waals surface area (Å²) in [4.78, 5) is 14.7. The molecule has 1 aromatic heterocycles. The van der Waals surface area contributed by atoms with Crippen LogP contribution in [0.25, 0.3) is 0 Å². The Balaban J connectivity index is 2.88. The predicted molar refractivity (Wildman–Crippen MR) is 49.4 cm³/mol. The van der Waals surface area contributed by atoms with E-state index in [0.29, 0.717) is 0 Å². The van der Waals surface area contributed by atoms with Gasteiger partial charge in [-0.1, -0.05) is 0 Å². The molecule has 3 nitrogen and oxygen atoms in total. The summed E-state index contributed by atoms with van der Waals surface area (Å²) in [6.07, 6.45) is 1.84. The highest BCUT2D eigenvalue weighted by atomic mass is 19.3. The minimum absolute atomic E-state index is 0.414. The molecular weight excluding hydrogens is 204 g/mol. The number of nitrogens with zero attached hydrogens (tertiary/aromatic N) is 1. The zero-order chi connectivity index (χ0) is 11.5. The fourth-order valence-electron chi connectivity index (χ4n) is 0.967. The lowest BCUT2D eigenvalue weighted by Crippen LogP contribution is -2.30. The Hall–Kier alpha value is -1.52. The maximum absolute atomic E-state index is 13.4. The van der Waals surface area contributed by atoms with Crippen molar-refractivity contribution in [3.05, 3.63) is 30.1 Å². The van der Waals surface area contributed by atoms with Crippen LogP contribution in [0.5, 0.6) is 0 Å². The van der Waals surface area contributed by atoms with E-state index in [2.05, 4.69) is 9.72 Å². The van der Waals surface area contributed by atoms with Gasteiger partial charge < -0.3 is 4.74 Å². The first-order valence-corrected chi connectivity index (χ1v) is 4.44. The van der Waals surface area contributed by atoms with Crippen molar-refractivity contribution in [2.45, 2.75) is 25.9 Å². The largest absolute Gasteiger partial charge is 0.458 e. The van der Waals surface area contributed by atoms with Gasteiger partial charge in [0.1, 0.15) is 0 Å². The number of hydrogen-bond acceptors (Lipinski definition) is 3. The smallest absolute Gasteiger partial charge is 0.382 e. The average molecular weight is 215 g/mol. The highest BCUT2D eigenvalue weighted by Gasteiger charge is 2.43. The fraction of sp³-hybridized carbons (Fsp3) is 0.400. The molecule has 0 aliphatic rings. The third kappa shape index (κ3) is 2.71. The molecule has 0 aliphatic heterocycles. The Bertz CT molecular complexity index is 339. The molecular formula is C10H11F2NO2. The Morgan fingerprint density at radius 2 is 1.93 bits per heavy atom. The van der Waals surface area contributed by atoms with Crippen LogP contribution < -0.4 is 0 Å². The molecule has 0 fully saturated rings. The number of ether oxygens (including phenoxy) is 1. The van der Waals surface area contributed by atoms with Gasteiger partial charge >= 0.3 is 11.9 Å². The van der Waals surface area contributed by atoms with E-state index in [1.165, 1.54) is 26.2 Å². The number of pyridine rings is 1. The molecule has 1 rings (SSSR count). The van der Waals surface area contributed by atoms with Gasteiger partial charge in [-0.15, -0.1) is 0 Å². The Labute approximate surface area is 86.1 Å². The molecule has 0 N–H and O–H groups in total. The highest BCUT2D eigenvalue weighted by molar-refractivity contribution is 5.79. The van der Waals surface area contributed by atoms with Gasteiger partial charge in [0.05, 0.1) is 6.10 Å². The molecule has 0 unspecified atom stereocenters. The monoisotopic (exact) mass is 215 g/mol. The molecule has 0 aliphatic carbocycles. The topological polar surface area (TPSA) is 39.2 Å². The molecule has 0 radical (unpaired) electrons. The summed E-state index contributed by atoms with van der Waals surface area (Å²) in [6.45, 7) is 3.03. The number of hydrogen-bond donors (Lipinski definition) is 0.